The third kappa shape index (κ3) is 6.29. The molecule has 35 heavy (non-hydrogen) atoms. The lowest BCUT2D eigenvalue weighted by molar-refractivity contribution is 0.0652. The molecule has 13 heteroatoms. The molecular weight excluding hydrogens is 458 g/mol. The molecule has 0 spiro atoms. The van der Waals surface area contributed by atoms with Gasteiger partial charge in [-0.2, -0.15) is 20.2 Å². The maximum absolute atomic E-state index is 10.9. The molecule has 3 heterocycles. The molecule has 1 aromatic carbocycles. The van der Waals surface area contributed by atoms with E-state index in [1.807, 2.05) is 30.3 Å². The van der Waals surface area contributed by atoms with Crippen molar-refractivity contribution in [3.8, 4) is 0 Å². The van der Waals surface area contributed by atoms with Crippen LogP contribution in [0.15, 0.2) is 79.7 Å². The number of para-hydroxylation sites is 1. The summed E-state index contributed by atoms with van der Waals surface area (Å²) < 4.78 is 10.2. The van der Waals surface area contributed by atoms with Crippen molar-refractivity contribution in [2.24, 2.45) is 10.2 Å². The van der Waals surface area contributed by atoms with Crippen LogP contribution in [0.2, 0.25) is 0 Å². The Labute approximate surface area is 196 Å². The summed E-state index contributed by atoms with van der Waals surface area (Å²) in [5, 5.41) is 29.0. The van der Waals surface area contributed by atoms with Crippen molar-refractivity contribution < 1.29 is 28.6 Å². The first-order chi connectivity index (χ1) is 17.0. The number of carboxylic acids is 2. The van der Waals surface area contributed by atoms with Gasteiger partial charge in [-0.25, -0.2) is 15.0 Å². The van der Waals surface area contributed by atoms with E-state index in [4.69, 9.17) is 19.0 Å². The van der Waals surface area contributed by atoms with E-state index in [0.29, 0.717) is 5.82 Å². The van der Waals surface area contributed by atoms with E-state index in [1.165, 1.54) is 36.7 Å². The van der Waals surface area contributed by atoms with Crippen molar-refractivity contribution in [2.75, 3.05) is 16.2 Å². The van der Waals surface area contributed by atoms with Gasteiger partial charge in [-0.05, 0) is 36.4 Å². The van der Waals surface area contributed by atoms with Crippen LogP contribution in [0.3, 0.4) is 0 Å². The molecule has 0 amide bonds. The summed E-state index contributed by atoms with van der Waals surface area (Å²) in [6.07, 6.45) is 2.57. The number of aromatic carboxylic acids is 2. The fraction of sp³-hybridized carbons (Fsp3) is 0. The highest BCUT2D eigenvalue weighted by Gasteiger charge is 2.09. The summed E-state index contributed by atoms with van der Waals surface area (Å²) in [5.74, 6) is -1.56. The van der Waals surface area contributed by atoms with Crippen LogP contribution in [-0.2, 0) is 0 Å². The SMILES string of the molecule is O=C(O)c1ccc(C=NNc2cc(Nc3ccccc3)nc(NN=Cc3ccc(C(=O)O)o3)n2)o1. The van der Waals surface area contributed by atoms with Crippen molar-refractivity contribution in [2.45, 2.75) is 0 Å². The number of hydrogen-bond donors (Lipinski definition) is 5. The zero-order valence-corrected chi connectivity index (χ0v) is 17.7. The van der Waals surface area contributed by atoms with Crippen LogP contribution >= 0.6 is 0 Å². The zero-order valence-electron chi connectivity index (χ0n) is 17.7. The van der Waals surface area contributed by atoms with Crippen molar-refractivity contribution >= 4 is 47.6 Å². The number of hydrazone groups is 2. The van der Waals surface area contributed by atoms with Crippen molar-refractivity contribution in [3.05, 3.63) is 83.7 Å². The van der Waals surface area contributed by atoms with Crippen LogP contribution in [0.25, 0.3) is 0 Å². The van der Waals surface area contributed by atoms with Crippen molar-refractivity contribution in [1.82, 2.24) is 9.97 Å². The monoisotopic (exact) mass is 475 g/mol. The smallest absolute Gasteiger partial charge is 0.371 e. The lowest BCUT2D eigenvalue weighted by Gasteiger charge is -2.09. The fourth-order valence-corrected chi connectivity index (χ4v) is 2.68. The molecule has 0 aliphatic carbocycles. The van der Waals surface area contributed by atoms with Crippen LogP contribution in [0.1, 0.15) is 32.6 Å². The number of hydrogen-bond acceptors (Lipinski definition) is 11. The van der Waals surface area contributed by atoms with Gasteiger partial charge in [-0.3, -0.25) is 5.43 Å². The standard InChI is InChI=1S/C22H17N7O6/c30-20(31)16-8-6-14(34-16)11-23-28-19-10-18(25-13-4-2-1-3-5-13)26-22(27-19)29-24-12-15-7-9-17(35-15)21(32)33/h1-12H,(H,30,31)(H,32,33)(H3,25,26,27,28,29). The molecule has 4 aromatic rings. The Hall–Kier alpha value is -5.46. The minimum Gasteiger partial charge on any atom is -0.475 e. The van der Waals surface area contributed by atoms with Gasteiger partial charge in [0.25, 0.3) is 0 Å². The minimum absolute atomic E-state index is 0.0936. The first-order valence-electron chi connectivity index (χ1n) is 9.92. The number of furan rings is 2. The third-order valence-corrected chi connectivity index (χ3v) is 4.17. The first kappa shape index (κ1) is 22.7. The van der Waals surface area contributed by atoms with Crippen LogP contribution in [-0.4, -0.2) is 44.5 Å². The number of aromatic nitrogens is 2. The summed E-state index contributed by atoms with van der Waals surface area (Å²) in [4.78, 5) is 30.4. The van der Waals surface area contributed by atoms with Gasteiger partial charge < -0.3 is 24.4 Å². The second-order valence-corrected chi connectivity index (χ2v) is 6.71. The van der Waals surface area contributed by atoms with E-state index >= 15 is 0 Å². The van der Waals surface area contributed by atoms with Crippen LogP contribution in [0.5, 0.6) is 0 Å². The predicted molar refractivity (Wildman–Crippen MR) is 126 cm³/mol. The topological polar surface area (TPSA) is 187 Å². The van der Waals surface area contributed by atoms with Gasteiger partial charge in [-0.1, -0.05) is 18.2 Å². The molecule has 4 rings (SSSR count). The van der Waals surface area contributed by atoms with E-state index in [-0.39, 0.29) is 34.8 Å². The minimum atomic E-state index is -1.19. The molecular formula is C22H17N7O6. The van der Waals surface area contributed by atoms with Gasteiger partial charge in [0, 0.05) is 11.8 Å². The number of nitrogens with one attached hydrogen (secondary N) is 3. The Balaban J connectivity index is 1.51. The number of nitrogens with zero attached hydrogens (tertiary/aromatic N) is 4. The van der Waals surface area contributed by atoms with Crippen molar-refractivity contribution in [1.29, 1.82) is 0 Å². The average Bonchev–Trinajstić information content (AvgIpc) is 3.50. The lowest BCUT2D eigenvalue weighted by Crippen LogP contribution is -2.04. The maximum atomic E-state index is 10.9. The second-order valence-electron chi connectivity index (χ2n) is 6.71. The summed E-state index contributed by atoms with van der Waals surface area (Å²) in [5.41, 5.74) is 6.14. The van der Waals surface area contributed by atoms with E-state index in [9.17, 15) is 9.59 Å². The maximum Gasteiger partial charge on any atom is 0.371 e. The number of carboxylic acid groups (broad SMARTS) is 2. The highest BCUT2D eigenvalue weighted by atomic mass is 16.4. The molecule has 3 aromatic heterocycles. The van der Waals surface area contributed by atoms with Gasteiger partial charge in [-0.15, -0.1) is 0 Å². The highest BCUT2D eigenvalue weighted by molar-refractivity contribution is 5.87. The Bertz CT molecular complexity index is 1310. The Morgan fingerprint density at radius 1 is 0.771 bits per heavy atom. The fourth-order valence-electron chi connectivity index (χ4n) is 2.68. The molecule has 0 fully saturated rings. The molecule has 0 atom stereocenters. The summed E-state index contributed by atoms with van der Waals surface area (Å²) in [6, 6.07) is 16.4. The van der Waals surface area contributed by atoms with Gasteiger partial charge in [0.15, 0.2) is 5.82 Å². The largest absolute Gasteiger partial charge is 0.475 e. The average molecular weight is 475 g/mol. The Morgan fingerprint density at radius 3 is 1.91 bits per heavy atom. The van der Waals surface area contributed by atoms with E-state index in [0.717, 1.165) is 5.69 Å². The first-order valence-corrected chi connectivity index (χ1v) is 9.92. The number of anilines is 4. The van der Waals surface area contributed by atoms with Crippen LogP contribution in [0.4, 0.5) is 23.3 Å². The number of carbonyl (C=O) groups is 2. The molecule has 0 aliphatic rings. The zero-order chi connectivity index (χ0) is 24.6. The van der Waals surface area contributed by atoms with E-state index in [2.05, 4.69) is 36.3 Å². The molecule has 0 saturated heterocycles. The van der Waals surface area contributed by atoms with Crippen LogP contribution < -0.4 is 16.2 Å². The van der Waals surface area contributed by atoms with Gasteiger partial charge in [0.2, 0.25) is 17.5 Å². The van der Waals surface area contributed by atoms with Crippen molar-refractivity contribution in [3.63, 3.8) is 0 Å². The van der Waals surface area contributed by atoms with E-state index in [1.54, 1.807) is 6.07 Å². The quantitative estimate of drug-likeness (QED) is 0.166. The highest BCUT2D eigenvalue weighted by Crippen LogP contribution is 2.19. The Kier molecular flexibility index (Phi) is 6.78. The summed E-state index contributed by atoms with van der Waals surface area (Å²) in [7, 11) is 0. The molecule has 5 N–H and O–H groups in total. The van der Waals surface area contributed by atoms with E-state index < -0.39 is 11.9 Å². The molecule has 176 valence electrons. The molecule has 0 unspecified atom stereocenters. The molecule has 0 saturated carbocycles. The molecule has 13 nitrogen and oxygen atoms in total. The second kappa shape index (κ2) is 10.4. The number of rotatable bonds is 10. The predicted octanol–water partition coefficient (Wildman–Crippen LogP) is 3.69. The van der Waals surface area contributed by atoms with Gasteiger partial charge in [0.05, 0.1) is 12.4 Å². The number of benzene rings is 1. The Morgan fingerprint density at radius 2 is 1.34 bits per heavy atom. The normalized spacial score (nSPS) is 11.1. The van der Waals surface area contributed by atoms with Gasteiger partial charge in [0.1, 0.15) is 17.3 Å². The molecule has 0 aliphatic heterocycles. The molecule has 0 radical (unpaired) electrons. The van der Waals surface area contributed by atoms with Crippen LogP contribution in [0, 0.1) is 0 Å². The summed E-state index contributed by atoms with van der Waals surface area (Å²) >= 11 is 0. The third-order valence-electron chi connectivity index (χ3n) is 4.17. The van der Waals surface area contributed by atoms with Gasteiger partial charge >= 0.3 is 11.9 Å². The summed E-state index contributed by atoms with van der Waals surface area (Å²) in [6.45, 7) is 0. The molecule has 0 bridgehead atoms. The lowest BCUT2D eigenvalue weighted by atomic mass is 10.3.